The van der Waals surface area contributed by atoms with Crippen molar-refractivity contribution < 1.29 is 9.90 Å². The molecule has 1 atom stereocenters. The van der Waals surface area contributed by atoms with Crippen LogP contribution >= 0.6 is 24.4 Å². The molecule has 0 bridgehead atoms. The predicted molar refractivity (Wildman–Crippen MR) is 97.3 cm³/mol. The molecule has 0 radical (unpaired) electrons. The summed E-state index contributed by atoms with van der Waals surface area (Å²) in [5.41, 5.74) is 7.82. The maximum absolute atomic E-state index is 10.4. The standard InChI is InChI=1S/C10H13NO2S.C7H8S/c11-9(10(12)13)7-14-6-8-4-2-1-3-5-8;8-6-7-4-2-1-3-5-7/h1-5,9H,6-7,11H2,(H,12,13);1-5,8H,6H2/t9-;/m0./s1. The van der Waals surface area contributed by atoms with E-state index in [2.05, 4.69) is 24.8 Å². The molecule has 22 heavy (non-hydrogen) atoms. The minimum atomic E-state index is -0.939. The maximum atomic E-state index is 10.4. The SMILES string of the molecule is N[C@@H](CSCc1ccccc1)C(=O)O.SCc1ccccc1. The average Bonchev–Trinajstić information content (AvgIpc) is 2.57. The van der Waals surface area contributed by atoms with Crippen molar-refractivity contribution in [3.8, 4) is 0 Å². The number of carboxylic acid groups (broad SMARTS) is 1. The van der Waals surface area contributed by atoms with Crippen LogP contribution in [0.25, 0.3) is 0 Å². The van der Waals surface area contributed by atoms with Gasteiger partial charge >= 0.3 is 5.97 Å². The molecule has 0 saturated heterocycles. The zero-order valence-electron chi connectivity index (χ0n) is 12.3. The normalized spacial score (nSPS) is 11.2. The summed E-state index contributed by atoms with van der Waals surface area (Å²) in [5, 5.41) is 8.54. The van der Waals surface area contributed by atoms with E-state index in [9.17, 15) is 4.79 Å². The smallest absolute Gasteiger partial charge is 0.321 e. The second-order valence-corrected chi connectivity index (χ2v) is 5.94. The molecule has 2 aromatic rings. The molecule has 0 aromatic heterocycles. The number of rotatable bonds is 6. The molecule has 0 aliphatic heterocycles. The van der Waals surface area contributed by atoms with Gasteiger partial charge < -0.3 is 10.8 Å². The lowest BCUT2D eigenvalue weighted by Crippen LogP contribution is -2.32. The quantitative estimate of drug-likeness (QED) is 0.708. The minimum absolute atomic E-state index is 0.449. The Morgan fingerprint density at radius 3 is 1.95 bits per heavy atom. The van der Waals surface area contributed by atoms with Gasteiger partial charge in [-0.3, -0.25) is 4.79 Å². The molecular formula is C17H21NO2S2. The van der Waals surface area contributed by atoms with Crippen molar-refractivity contribution in [2.45, 2.75) is 17.5 Å². The Morgan fingerprint density at radius 2 is 1.55 bits per heavy atom. The Labute approximate surface area is 141 Å². The highest BCUT2D eigenvalue weighted by atomic mass is 32.2. The van der Waals surface area contributed by atoms with Crippen LogP contribution in [-0.2, 0) is 16.3 Å². The number of thiol groups is 1. The van der Waals surface area contributed by atoms with Crippen molar-refractivity contribution in [2.24, 2.45) is 5.73 Å². The van der Waals surface area contributed by atoms with Crippen molar-refractivity contribution in [1.29, 1.82) is 0 Å². The van der Waals surface area contributed by atoms with Gasteiger partial charge in [0, 0.05) is 17.3 Å². The number of hydrogen-bond acceptors (Lipinski definition) is 4. The van der Waals surface area contributed by atoms with Crippen LogP contribution in [0.1, 0.15) is 11.1 Å². The second kappa shape index (κ2) is 11.2. The zero-order chi connectivity index (χ0) is 16.2. The summed E-state index contributed by atoms with van der Waals surface area (Å²) in [6.07, 6.45) is 0. The molecule has 118 valence electrons. The summed E-state index contributed by atoms with van der Waals surface area (Å²) in [7, 11) is 0. The Bertz CT molecular complexity index is 535. The van der Waals surface area contributed by atoms with Gasteiger partial charge in [-0.05, 0) is 11.1 Å². The molecular weight excluding hydrogens is 314 g/mol. The van der Waals surface area contributed by atoms with Crippen LogP contribution in [0.15, 0.2) is 60.7 Å². The van der Waals surface area contributed by atoms with Gasteiger partial charge in [-0.15, -0.1) is 0 Å². The molecule has 0 aliphatic rings. The molecule has 5 heteroatoms. The molecule has 0 unspecified atom stereocenters. The van der Waals surface area contributed by atoms with E-state index in [1.807, 2.05) is 48.5 Å². The number of benzene rings is 2. The second-order valence-electron chi connectivity index (χ2n) is 4.59. The van der Waals surface area contributed by atoms with E-state index in [1.165, 1.54) is 22.9 Å². The Balaban J connectivity index is 0.000000255. The summed E-state index contributed by atoms with van der Waals surface area (Å²) in [6.45, 7) is 0. The predicted octanol–water partition coefficient (Wildman–Crippen LogP) is 3.45. The summed E-state index contributed by atoms with van der Waals surface area (Å²) in [5.74, 6) is 1.15. The number of thioether (sulfide) groups is 1. The molecule has 2 aromatic carbocycles. The van der Waals surface area contributed by atoms with Gasteiger partial charge in [0.15, 0.2) is 0 Å². The van der Waals surface area contributed by atoms with Crippen molar-refractivity contribution in [3.63, 3.8) is 0 Å². The highest BCUT2D eigenvalue weighted by Gasteiger charge is 2.10. The van der Waals surface area contributed by atoms with Gasteiger partial charge in [0.25, 0.3) is 0 Å². The van der Waals surface area contributed by atoms with E-state index in [1.54, 1.807) is 0 Å². The number of carboxylic acids is 1. The minimum Gasteiger partial charge on any atom is -0.480 e. The monoisotopic (exact) mass is 335 g/mol. The maximum Gasteiger partial charge on any atom is 0.321 e. The van der Waals surface area contributed by atoms with Gasteiger partial charge in [-0.1, -0.05) is 60.7 Å². The summed E-state index contributed by atoms with van der Waals surface area (Å²) < 4.78 is 0. The van der Waals surface area contributed by atoms with Crippen LogP contribution in [0.4, 0.5) is 0 Å². The first-order valence-electron chi connectivity index (χ1n) is 6.88. The molecule has 0 amide bonds. The fourth-order valence-electron chi connectivity index (χ4n) is 1.53. The lowest BCUT2D eigenvalue weighted by atomic mass is 10.2. The van der Waals surface area contributed by atoms with E-state index in [0.717, 1.165) is 11.5 Å². The van der Waals surface area contributed by atoms with E-state index in [4.69, 9.17) is 10.8 Å². The lowest BCUT2D eigenvalue weighted by molar-refractivity contribution is -0.137. The number of nitrogens with two attached hydrogens (primary N) is 1. The first-order chi connectivity index (χ1) is 10.6. The van der Waals surface area contributed by atoms with Gasteiger partial charge in [0.05, 0.1) is 0 Å². The highest BCUT2D eigenvalue weighted by molar-refractivity contribution is 7.98. The molecule has 0 spiro atoms. The Morgan fingerprint density at radius 1 is 1.05 bits per heavy atom. The number of aliphatic carboxylic acids is 1. The molecule has 0 fully saturated rings. The molecule has 0 heterocycles. The van der Waals surface area contributed by atoms with Crippen LogP contribution < -0.4 is 5.73 Å². The third-order valence-electron chi connectivity index (χ3n) is 2.75. The fourth-order valence-corrected chi connectivity index (χ4v) is 2.69. The molecule has 3 N–H and O–H groups in total. The summed E-state index contributed by atoms with van der Waals surface area (Å²) in [4.78, 5) is 10.4. The number of hydrogen-bond donors (Lipinski definition) is 3. The van der Waals surface area contributed by atoms with Crippen molar-refractivity contribution in [2.75, 3.05) is 5.75 Å². The van der Waals surface area contributed by atoms with E-state index in [0.29, 0.717) is 5.75 Å². The van der Waals surface area contributed by atoms with E-state index >= 15 is 0 Å². The molecule has 2 rings (SSSR count). The molecule has 0 saturated carbocycles. The molecule has 0 aliphatic carbocycles. The van der Waals surface area contributed by atoms with Crippen LogP contribution in [0.3, 0.4) is 0 Å². The first kappa shape index (κ1) is 18.6. The molecule has 3 nitrogen and oxygen atoms in total. The average molecular weight is 335 g/mol. The summed E-state index contributed by atoms with van der Waals surface area (Å²) in [6, 6.07) is 19.3. The zero-order valence-corrected chi connectivity index (χ0v) is 14.0. The number of carbonyl (C=O) groups is 1. The topological polar surface area (TPSA) is 63.3 Å². The highest BCUT2D eigenvalue weighted by Crippen LogP contribution is 2.12. The van der Waals surface area contributed by atoms with Crippen LogP contribution in [-0.4, -0.2) is 22.9 Å². The Kier molecular flexibility index (Phi) is 9.46. The summed E-state index contributed by atoms with van der Waals surface area (Å²) >= 11 is 5.65. The third kappa shape index (κ3) is 8.12. The van der Waals surface area contributed by atoms with Crippen LogP contribution in [0, 0.1) is 0 Å². The van der Waals surface area contributed by atoms with Crippen LogP contribution in [0.2, 0.25) is 0 Å². The van der Waals surface area contributed by atoms with Crippen molar-refractivity contribution in [1.82, 2.24) is 0 Å². The van der Waals surface area contributed by atoms with E-state index < -0.39 is 12.0 Å². The van der Waals surface area contributed by atoms with E-state index in [-0.39, 0.29) is 0 Å². The van der Waals surface area contributed by atoms with Gasteiger partial charge in [0.2, 0.25) is 0 Å². The van der Waals surface area contributed by atoms with Gasteiger partial charge in [0.1, 0.15) is 6.04 Å². The third-order valence-corrected chi connectivity index (χ3v) is 4.25. The van der Waals surface area contributed by atoms with Gasteiger partial charge in [-0.2, -0.15) is 24.4 Å². The lowest BCUT2D eigenvalue weighted by Gasteiger charge is -2.05. The largest absolute Gasteiger partial charge is 0.480 e. The fraction of sp³-hybridized carbons (Fsp3) is 0.235. The van der Waals surface area contributed by atoms with Crippen LogP contribution in [0.5, 0.6) is 0 Å². The van der Waals surface area contributed by atoms with Crippen molar-refractivity contribution >= 4 is 30.4 Å². The van der Waals surface area contributed by atoms with Crippen molar-refractivity contribution in [3.05, 3.63) is 71.8 Å². The Hall–Kier alpha value is -1.43. The first-order valence-corrected chi connectivity index (χ1v) is 8.67. The van der Waals surface area contributed by atoms with Gasteiger partial charge in [-0.25, -0.2) is 0 Å².